The van der Waals surface area contributed by atoms with Crippen molar-refractivity contribution < 1.29 is 0 Å². The van der Waals surface area contributed by atoms with Gasteiger partial charge in [0.1, 0.15) is 0 Å². The number of halogens is 1. The third-order valence-electron chi connectivity index (χ3n) is 3.27. The second-order valence-electron chi connectivity index (χ2n) is 5.03. The van der Waals surface area contributed by atoms with E-state index in [1.165, 1.54) is 35.6 Å². The van der Waals surface area contributed by atoms with Crippen LogP contribution >= 0.6 is 15.9 Å². The molecule has 0 N–H and O–H groups in total. The van der Waals surface area contributed by atoms with Crippen molar-refractivity contribution in [2.45, 2.75) is 13.8 Å². The first-order valence-corrected chi connectivity index (χ1v) is 9.07. The Bertz CT molecular complexity index is 756. The summed E-state index contributed by atoms with van der Waals surface area (Å²) < 4.78 is 4.13. The van der Waals surface area contributed by atoms with Gasteiger partial charge >= 0.3 is 134 Å². The van der Waals surface area contributed by atoms with E-state index >= 15 is 0 Å². The van der Waals surface area contributed by atoms with Gasteiger partial charge in [0.05, 0.1) is 0 Å². The second kappa shape index (κ2) is 5.73. The van der Waals surface area contributed by atoms with Crippen molar-refractivity contribution in [3.8, 4) is 20.0 Å². The summed E-state index contributed by atoms with van der Waals surface area (Å²) in [6.45, 7) is 4.30. The monoisotopic (exact) mass is 390 g/mol. The molecule has 0 fully saturated rings. The van der Waals surface area contributed by atoms with Crippen LogP contribution < -0.4 is 0 Å². The zero-order valence-electron chi connectivity index (χ0n) is 11.5. The summed E-state index contributed by atoms with van der Waals surface area (Å²) in [5, 5.41) is 0. The van der Waals surface area contributed by atoms with E-state index in [1.807, 2.05) is 0 Å². The van der Waals surface area contributed by atoms with Crippen molar-refractivity contribution in [2.24, 2.45) is 0 Å². The maximum absolute atomic E-state index is 3.74. The Balaban J connectivity index is 2.08. The van der Waals surface area contributed by atoms with Gasteiger partial charge in [0.2, 0.25) is 0 Å². The molecular weight excluding hydrogens is 375 g/mol. The fourth-order valence-electron chi connectivity index (χ4n) is 2.29. The van der Waals surface area contributed by atoms with Crippen molar-refractivity contribution in [3.05, 3.63) is 70.2 Å². The van der Waals surface area contributed by atoms with Crippen LogP contribution in [-0.2, 0) is 0 Å². The van der Waals surface area contributed by atoms with Gasteiger partial charge in [0, 0.05) is 0 Å². The second-order valence-corrected chi connectivity index (χ2v) is 8.09. The van der Waals surface area contributed by atoms with E-state index in [0.29, 0.717) is 14.5 Å². The molecule has 0 aliphatic carbocycles. The molecule has 3 rings (SSSR count). The average Bonchev–Trinajstić information content (AvgIpc) is 2.81. The Labute approximate surface area is 134 Å². The minimum absolute atomic E-state index is 0.362. The molecule has 0 nitrogen and oxygen atoms in total. The van der Waals surface area contributed by atoms with Gasteiger partial charge in [-0.1, -0.05) is 0 Å². The van der Waals surface area contributed by atoms with Crippen LogP contribution in [0.5, 0.6) is 0 Å². The summed E-state index contributed by atoms with van der Waals surface area (Å²) in [6.07, 6.45) is 0. The fraction of sp³-hybridized carbons (Fsp3) is 0.111. The van der Waals surface area contributed by atoms with Crippen LogP contribution in [0.3, 0.4) is 0 Å². The van der Waals surface area contributed by atoms with Crippen LogP contribution in [0.15, 0.2) is 59.1 Å². The van der Waals surface area contributed by atoms with Crippen LogP contribution in [-0.4, -0.2) is 14.5 Å². The van der Waals surface area contributed by atoms with Crippen molar-refractivity contribution in [1.82, 2.24) is 0 Å². The van der Waals surface area contributed by atoms with Gasteiger partial charge in [-0.2, -0.15) is 0 Å². The van der Waals surface area contributed by atoms with Crippen LogP contribution in [0, 0.1) is 13.8 Å². The van der Waals surface area contributed by atoms with Crippen LogP contribution in [0.25, 0.3) is 20.0 Å². The molecule has 20 heavy (non-hydrogen) atoms. The third-order valence-corrected chi connectivity index (χ3v) is 7.07. The Kier molecular flexibility index (Phi) is 3.98. The quantitative estimate of drug-likeness (QED) is 0.510. The Hall–Kier alpha value is -1.08. The summed E-state index contributed by atoms with van der Waals surface area (Å²) in [7, 11) is 0. The van der Waals surface area contributed by atoms with Gasteiger partial charge in [0.25, 0.3) is 0 Å². The molecule has 0 bridgehead atoms. The maximum atomic E-state index is 3.74. The molecule has 2 aromatic carbocycles. The molecule has 0 radical (unpaired) electrons. The Morgan fingerprint density at radius 2 is 1.40 bits per heavy atom. The third kappa shape index (κ3) is 2.83. The van der Waals surface area contributed by atoms with E-state index in [-0.39, 0.29) is 0 Å². The Morgan fingerprint density at radius 1 is 0.800 bits per heavy atom. The first-order chi connectivity index (χ1) is 9.63. The molecule has 2 heteroatoms. The molecule has 3 aromatic rings. The number of rotatable bonds is 2. The number of hydrogen-bond acceptors (Lipinski definition) is 0. The van der Waals surface area contributed by atoms with Crippen LogP contribution in [0.4, 0.5) is 0 Å². The van der Waals surface area contributed by atoms with E-state index in [4.69, 9.17) is 0 Å². The van der Waals surface area contributed by atoms with Gasteiger partial charge in [0.15, 0.2) is 0 Å². The predicted octanol–water partition coefficient (Wildman–Crippen LogP) is 5.46. The fourth-order valence-corrected chi connectivity index (χ4v) is 5.70. The van der Waals surface area contributed by atoms with Gasteiger partial charge < -0.3 is 0 Å². The molecule has 0 unspecified atom stereocenters. The molecule has 0 aliphatic rings. The number of aryl methyl sites for hydroxylation is 2. The summed E-state index contributed by atoms with van der Waals surface area (Å²) in [5.41, 5.74) is 5.33. The van der Waals surface area contributed by atoms with Crippen molar-refractivity contribution in [2.75, 3.05) is 0 Å². The molecule has 0 spiro atoms. The van der Waals surface area contributed by atoms with Crippen LogP contribution in [0.1, 0.15) is 11.1 Å². The molecular formula is C18H15BrSe. The molecule has 0 saturated heterocycles. The van der Waals surface area contributed by atoms with Crippen LogP contribution in [0.2, 0.25) is 0 Å². The molecule has 100 valence electrons. The van der Waals surface area contributed by atoms with Crippen molar-refractivity contribution in [3.63, 3.8) is 0 Å². The number of hydrogen-bond donors (Lipinski definition) is 0. The predicted molar refractivity (Wildman–Crippen MR) is 91.4 cm³/mol. The van der Waals surface area contributed by atoms with Crippen molar-refractivity contribution >= 4 is 30.4 Å². The standard InChI is InChI=1S/C18H15BrSe/c1-12-5-3-7-14(9-12)17-11-16(19)18(20-17)15-8-4-6-13(2)10-15/h3-11H,1-2H3. The SMILES string of the molecule is Cc1cccc(-c2cc(Br)c(-c3cccc(C)c3)[se]2)c1. The summed E-state index contributed by atoms with van der Waals surface area (Å²) >= 11 is 4.10. The first-order valence-electron chi connectivity index (χ1n) is 6.57. The zero-order chi connectivity index (χ0) is 14.1. The number of benzene rings is 2. The average molecular weight is 390 g/mol. The van der Waals surface area contributed by atoms with Gasteiger partial charge in [-0.05, 0) is 0 Å². The first kappa shape index (κ1) is 13.9. The normalized spacial score (nSPS) is 10.8. The molecule has 1 heterocycles. The van der Waals surface area contributed by atoms with E-state index in [0.717, 1.165) is 0 Å². The molecule has 0 saturated carbocycles. The Morgan fingerprint density at radius 3 is 2.05 bits per heavy atom. The summed E-state index contributed by atoms with van der Waals surface area (Å²) in [6, 6.07) is 19.8. The van der Waals surface area contributed by atoms with E-state index < -0.39 is 0 Å². The van der Waals surface area contributed by atoms with Crippen molar-refractivity contribution in [1.29, 1.82) is 0 Å². The van der Waals surface area contributed by atoms with E-state index in [2.05, 4.69) is 84.4 Å². The summed E-state index contributed by atoms with van der Waals surface area (Å²) in [4.78, 5) is 0. The molecule has 1 aromatic heterocycles. The van der Waals surface area contributed by atoms with Gasteiger partial charge in [-0.25, -0.2) is 0 Å². The minimum atomic E-state index is 0.362. The molecule has 0 amide bonds. The molecule has 0 atom stereocenters. The van der Waals surface area contributed by atoms with E-state index in [9.17, 15) is 0 Å². The zero-order valence-corrected chi connectivity index (χ0v) is 14.8. The summed E-state index contributed by atoms with van der Waals surface area (Å²) in [5.74, 6) is 0. The molecule has 0 aliphatic heterocycles. The van der Waals surface area contributed by atoms with Gasteiger partial charge in [-0.3, -0.25) is 0 Å². The van der Waals surface area contributed by atoms with Gasteiger partial charge in [-0.15, -0.1) is 0 Å². The topological polar surface area (TPSA) is 0 Å². The van der Waals surface area contributed by atoms with E-state index in [1.54, 1.807) is 0 Å².